The summed E-state index contributed by atoms with van der Waals surface area (Å²) < 4.78 is 4.99. The van der Waals surface area contributed by atoms with Gasteiger partial charge in [-0.25, -0.2) is 9.59 Å². The van der Waals surface area contributed by atoms with E-state index in [4.69, 9.17) is 4.74 Å². The Morgan fingerprint density at radius 3 is 2.78 bits per heavy atom. The first kappa shape index (κ1) is 12.4. The average molecular weight is 249 g/mol. The summed E-state index contributed by atoms with van der Waals surface area (Å²) in [6.45, 7) is 2.09. The summed E-state index contributed by atoms with van der Waals surface area (Å²) in [5.41, 5.74) is 1.86. The molecule has 0 aliphatic heterocycles. The summed E-state index contributed by atoms with van der Waals surface area (Å²) in [6.07, 6.45) is 0. The number of ether oxygens (including phenoxy) is 1. The van der Waals surface area contributed by atoms with Crippen LogP contribution in [-0.4, -0.2) is 29.6 Å². The first-order valence-electron chi connectivity index (χ1n) is 5.71. The molecule has 0 saturated carbocycles. The maximum atomic E-state index is 11.8. The van der Waals surface area contributed by atoms with Crippen LogP contribution in [0.5, 0.6) is 0 Å². The molecule has 96 valence electrons. The van der Waals surface area contributed by atoms with E-state index in [1.165, 1.54) is 0 Å². The largest absolute Gasteiger partial charge is 0.465 e. The van der Waals surface area contributed by atoms with E-state index in [0.29, 0.717) is 17.6 Å². The molecule has 2 rings (SSSR count). The molecule has 2 aromatic rings. The van der Waals surface area contributed by atoms with Gasteiger partial charge in [-0.1, -0.05) is 6.07 Å². The van der Waals surface area contributed by atoms with Gasteiger partial charge in [0.1, 0.15) is 6.04 Å². The molecule has 0 spiro atoms. The van der Waals surface area contributed by atoms with Crippen molar-refractivity contribution in [1.82, 2.24) is 15.3 Å². The number of H-pyrrole nitrogens is 2. The van der Waals surface area contributed by atoms with Crippen LogP contribution in [0.15, 0.2) is 23.0 Å². The summed E-state index contributed by atoms with van der Waals surface area (Å²) in [5.74, 6) is -0.336. The molecule has 0 amide bonds. The topological polar surface area (TPSA) is 87.0 Å². The quantitative estimate of drug-likeness (QED) is 0.695. The standard InChI is InChI=1S/C12H15N3O3/c1-3-18-11(16)10(13-2)7-4-5-8-9(6-7)15-12(17)14-8/h4-6,10,13H,3H2,1-2H3,(H2,14,15,17). The molecular weight excluding hydrogens is 234 g/mol. The lowest BCUT2D eigenvalue weighted by Gasteiger charge is -2.14. The lowest BCUT2D eigenvalue weighted by molar-refractivity contribution is -0.145. The Morgan fingerprint density at radius 1 is 1.39 bits per heavy atom. The number of fused-ring (bicyclic) bond motifs is 1. The van der Waals surface area contributed by atoms with E-state index in [0.717, 1.165) is 5.56 Å². The van der Waals surface area contributed by atoms with Crippen molar-refractivity contribution in [2.24, 2.45) is 0 Å². The third-order valence-corrected chi connectivity index (χ3v) is 2.68. The third-order valence-electron chi connectivity index (χ3n) is 2.68. The molecule has 0 bridgehead atoms. The Bertz CT molecular complexity index is 614. The van der Waals surface area contributed by atoms with Crippen LogP contribution in [0.1, 0.15) is 18.5 Å². The van der Waals surface area contributed by atoms with Gasteiger partial charge in [0, 0.05) is 0 Å². The molecule has 1 heterocycles. The highest BCUT2D eigenvalue weighted by atomic mass is 16.5. The summed E-state index contributed by atoms with van der Waals surface area (Å²) in [6, 6.07) is 4.76. The molecule has 18 heavy (non-hydrogen) atoms. The predicted molar refractivity (Wildman–Crippen MR) is 67.4 cm³/mol. The Kier molecular flexibility index (Phi) is 3.47. The number of rotatable bonds is 4. The highest BCUT2D eigenvalue weighted by Gasteiger charge is 2.20. The molecule has 0 fully saturated rings. The summed E-state index contributed by atoms with van der Waals surface area (Å²) in [7, 11) is 1.69. The highest BCUT2D eigenvalue weighted by molar-refractivity contribution is 5.81. The van der Waals surface area contributed by atoms with Crippen molar-refractivity contribution in [3.8, 4) is 0 Å². The fourth-order valence-corrected chi connectivity index (χ4v) is 1.88. The zero-order chi connectivity index (χ0) is 13.1. The molecule has 0 radical (unpaired) electrons. The van der Waals surface area contributed by atoms with E-state index in [1.807, 2.05) is 0 Å². The summed E-state index contributed by atoms with van der Waals surface area (Å²) in [5, 5.41) is 2.90. The number of aromatic amines is 2. The van der Waals surface area contributed by atoms with E-state index < -0.39 is 6.04 Å². The minimum Gasteiger partial charge on any atom is -0.465 e. The zero-order valence-corrected chi connectivity index (χ0v) is 10.2. The lowest BCUT2D eigenvalue weighted by atomic mass is 10.1. The number of imidazole rings is 1. The molecule has 0 aliphatic carbocycles. The smallest absolute Gasteiger partial charge is 0.327 e. The van der Waals surface area contributed by atoms with E-state index in [2.05, 4.69) is 15.3 Å². The summed E-state index contributed by atoms with van der Waals surface area (Å²) in [4.78, 5) is 28.2. The molecule has 3 N–H and O–H groups in total. The monoisotopic (exact) mass is 249 g/mol. The van der Waals surface area contributed by atoms with Gasteiger partial charge in [-0.15, -0.1) is 0 Å². The number of carbonyl (C=O) groups is 1. The van der Waals surface area contributed by atoms with Gasteiger partial charge in [0.2, 0.25) is 0 Å². The SMILES string of the molecule is CCOC(=O)C(NC)c1ccc2[nH]c(=O)[nH]c2c1. The number of nitrogens with one attached hydrogen (secondary N) is 3. The van der Waals surface area contributed by atoms with Crippen molar-refractivity contribution in [2.75, 3.05) is 13.7 Å². The molecule has 6 nitrogen and oxygen atoms in total. The number of hydrogen-bond acceptors (Lipinski definition) is 4. The minimum absolute atomic E-state index is 0.265. The molecular formula is C12H15N3O3. The van der Waals surface area contributed by atoms with Gasteiger partial charge < -0.3 is 20.0 Å². The van der Waals surface area contributed by atoms with Gasteiger partial charge in [-0.2, -0.15) is 0 Å². The Balaban J connectivity index is 2.38. The minimum atomic E-state index is -0.534. The number of benzene rings is 1. The first-order valence-corrected chi connectivity index (χ1v) is 5.71. The molecule has 6 heteroatoms. The second kappa shape index (κ2) is 5.05. The maximum absolute atomic E-state index is 11.8. The van der Waals surface area contributed by atoms with Crippen molar-refractivity contribution in [2.45, 2.75) is 13.0 Å². The first-order chi connectivity index (χ1) is 8.65. The van der Waals surface area contributed by atoms with Crippen LogP contribution < -0.4 is 11.0 Å². The predicted octanol–water partition coefficient (Wildman–Crippen LogP) is 0.680. The number of aromatic nitrogens is 2. The van der Waals surface area contributed by atoms with Gasteiger partial charge >= 0.3 is 11.7 Å². The Hall–Kier alpha value is -2.08. The van der Waals surface area contributed by atoms with E-state index >= 15 is 0 Å². The van der Waals surface area contributed by atoms with Crippen molar-refractivity contribution in [1.29, 1.82) is 0 Å². The van der Waals surface area contributed by atoms with E-state index in [1.54, 1.807) is 32.2 Å². The van der Waals surface area contributed by atoms with Crippen LogP contribution in [-0.2, 0) is 9.53 Å². The van der Waals surface area contributed by atoms with Crippen LogP contribution in [0.4, 0.5) is 0 Å². The van der Waals surface area contributed by atoms with Crippen LogP contribution in [0.25, 0.3) is 11.0 Å². The third kappa shape index (κ3) is 2.28. The van der Waals surface area contributed by atoms with Gasteiger partial charge in [0.15, 0.2) is 0 Å². The Labute approximate surface area is 103 Å². The van der Waals surface area contributed by atoms with Crippen molar-refractivity contribution < 1.29 is 9.53 Å². The van der Waals surface area contributed by atoms with Crippen molar-refractivity contribution in [3.63, 3.8) is 0 Å². The van der Waals surface area contributed by atoms with Gasteiger partial charge in [-0.05, 0) is 31.7 Å². The van der Waals surface area contributed by atoms with E-state index in [9.17, 15) is 9.59 Å². The normalized spacial score (nSPS) is 12.6. The Morgan fingerprint density at radius 2 is 2.11 bits per heavy atom. The molecule has 1 unspecified atom stereocenters. The molecule has 0 saturated heterocycles. The molecule has 1 aromatic carbocycles. The zero-order valence-electron chi connectivity index (χ0n) is 10.2. The molecule has 0 aliphatic rings. The van der Waals surface area contributed by atoms with Crippen LogP contribution in [0.2, 0.25) is 0 Å². The molecule has 1 atom stereocenters. The van der Waals surface area contributed by atoms with Crippen LogP contribution in [0, 0.1) is 0 Å². The number of hydrogen-bond donors (Lipinski definition) is 3. The van der Waals surface area contributed by atoms with Gasteiger partial charge in [0.25, 0.3) is 0 Å². The fourth-order valence-electron chi connectivity index (χ4n) is 1.88. The lowest BCUT2D eigenvalue weighted by Crippen LogP contribution is -2.27. The fraction of sp³-hybridized carbons (Fsp3) is 0.333. The summed E-state index contributed by atoms with van der Waals surface area (Å²) >= 11 is 0. The van der Waals surface area contributed by atoms with Gasteiger partial charge in [0.05, 0.1) is 17.6 Å². The molecule has 1 aromatic heterocycles. The van der Waals surface area contributed by atoms with Crippen molar-refractivity contribution >= 4 is 17.0 Å². The second-order valence-electron chi connectivity index (χ2n) is 3.86. The second-order valence-corrected chi connectivity index (χ2v) is 3.86. The van der Waals surface area contributed by atoms with Crippen LogP contribution >= 0.6 is 0 Å². The average Bonchev–Trinajstić information content (AvgIpc) is 2.69. The van der Waals surface area contributed by atoms with E-state index in [-0.39, 0.29) is 11.7 Å². The number of esters is 1. The number of likely N-dealkylation sites (N-methyl/N-ethyl adjacent to an activating group) is 1. The maximum Gasteiger partial charge on any atom is 0.327 e. The van der Waals surface area contributed by atoms with Gasteiger partial charge in [-0.3, -0.25) is 0 Å². The number of carbonyl (C=O) groups excluding carboxylic acids is 1. The highest BCUT2D eigenvalue weighted by Crippen LogP contribution is 2.18. The van der Waals surface area contributed by atoms with Crippen molar-refractivity contribution in [3.05, 3.63) is 34.2 Å². The van der Waals surface area contributed by atoms with Crippen LogP contribution in [0.3, 0.4) is 0 Å².